The predicted molar refractivity (Wildman–Crippen MR) is 84.8 cm³/mol. The highest BCUT2D eigenvalue weighted by Gasteiger charge is 2.24. The summed E-state index contributed by atoms with van der Waals surface area (Å²) in [5.74, 6) is 1.27. The quantitative estimate of drug-likeness (QED) is 0.739. The molecule has 110 valence electrons. The highest BCUT2D eigenvalue weighted by Crippen LogP contribution is 2.32. The summed E-state index contributed by atoms with van der Waals surface area (Å²) in [6.07, 6.45) is 0. The third kappa shape index (κ3) is 2.95. The van der Waals surface area contributed by atoms with Crippen molar-refractivity contribution in [3.8, 4) is 0 Å². The van der Waals surface area contributed by atoms with Crippen LogP contribution in [0.15, 0.2) is 18.2 Å². The number of nitrogens with zero attached hydrogens (tertiary/aromatic N) is 2. The van der Waals surface area contributed by atoms with Gasteiger partial charge in [0.1, 0.15) is 5.82 Å². The van der Waals surface area contributed by atoms with Gasteiger partial charge in [0.25, 0.3) is 0 Å². The van der Waals surface area contributed by atoms with Crippen LogP contribution in [0.25, 0.3) is 11.0 Å². The van der Waals surface area contributed by atoms with Crippen LogP contribution < -0.4 is 0 Å². The largest absolute Gasteiger partial charge is 0.383 e. The molecule has 2 aromatic rings. The molecule has 1 heterocycles. The molecule has 0 saturated carbocycles. The van der Waals surface area contributed by atoms with E-state index < -0.39 is 0 Å². The van der Waals surface area contributed by atoms with Gasteiger partial charge in [0, 0.05) is 12.1 Å². The molecular weight excluding hydrogens is 295 g/mol. The average molecular weight is 315 g/mol. The first kappa shape index (κ1) is 15.6. The van der Waals surface area contributed by atoms with Gasteiger partial charge in [-0.2, -0.15) is 0 Å². The fourth-order valence-electron chi connectivity index (χ4n) is 2.46. The van der Waals surface area contributed by atoms with Gasteiger partial charge in [-0.15, -0.1) is 11.6 Å². The topological polar surface area (TPSA) is 27.1 Å². The Kier molecular flexibility index (Phi) is 4.95. The number of ether oxygens (including phenoxy) is 1. The minimum Gasteiger partial charge on any atom is -0.383 e. The minimum absolute atomic E-state index is 0.167. The van der Waals surface area contributed by atoms with Gasteiger partial charge in [0.05, 0.1) is 29.1 Å². The molecule has 20 heavy (non-hydrogen) atoms. The van der Waals surface area contributed by atoms with E-state index in [1.54, 1.807) is 7.11 Å². The van der Waals surface area contributed by atoms with E-state index >= 15 is 0 Å². The molecule has 0 aliphatic heterocycles. The van der Waals surface area contributed by atoms with Crippen molar-refractivity contribution in [1.29, 1.82) is 0 Å². The first-order valence-corrected chi connectivity index (χ1v) is 7.57. The molecule has 0 spiro atoms. The molecule has 0 radical (unpaired) electrons. The van der Waals surface area contributed by atoms with Gasteiger partial charge >= 0.3 is 0 Å². The zero-order chi connectivity index (χ0) is 14.9. The highest BCUT2D eigenvalue weighted by molar-refractivity contribution is 6.31. The number of alkyl halides is 1. The second kappa shape index (κ2) is 6.33. The minimum atomic E-state index is -0.167. The van der Waals surface area contributed by atoms with Gasteiger partial charge < -0.3 is 9.30 Å². The molecular formula is C15H20Cl2N2O. The van der Waals surface area contributed by atoms with E-state index in [0.717, 1.165) is 16.9 Å². The van der Waals surface area contributed by atoms with E-state index in [0.29, 0.717) is 17.5 Å². The molecule has 3 nitrogen and oxygen atoms in total. The molecule has 1 aromatic carbocycles. The molecule has 2 atom stereocenters. The Morgan fingerprint density at radius 3 is 2.55 bits per heavy atom. The van der Waals surface area contributed by atoms with Gasteiger partial charge in [-0.25, -0.2) is 4.98 Å². The molecule has 0 bridgehead atoms. The van der Waals surface area contributed by atoms with Crippen molar-refractivity contribution >= 4 is 34.2 Å². The van der Waals surface area contributed by atoms with Crippen molar-refractivity contribution < 1.29 is 4.74 Å². The first-order valence-electron chi connectivity index (χ1n) is 6.76. The standard InChI is InChI=1S/C15H20Cl2N2O/c1-9(2)14(8-20-4)19-13-6-5-11(17)7-12(13)18-15(19)10(3)16/h5-7,9-10,14H,8H2,1-4H3. The second-order valence-electron chi connectivity index (χ2n) is 5.36. The van der Waals surface area contributed by atoms with E-state index in [-0.39, 0.29) is 11.4 Å². The number of imidazole rings is 1. The molecule has 0 saturated heterocycles. The maximum atomic E-state index is 6.31. The van der Waals surface area contributed by atoms with Gasteiger partial charge in [-0.1, -0.05) is 25.4 Å². The number of fused-ring (bicyclic) bond motifs is 1. The Labute approximate surface area is 129 Å². The van der Waals surface area contributed by atoms with Crippen molar-refractivity contribution in [2.75, 3.05) is 13.7 Å². The normalized spacial score (nSPS) is 14.9. The van der Waals surface area contributed by atoms with Crippen LogP contribution in [-0.2, 0) is 4.74 Å². The average Bonchev–Trinajstić information content (AvgIpc) is 2.73. The summed E-state index contributed by atoms with van der Waals surface area (Å²) >= 11 is 12.4. The van der Waals surface area contributed by atoms with Crippen molar-refractivity contribution in [1.82, 2.24) is 9.55 Å². The van der Waals surface area contributed by atoms with Crippen LogP contribution in [0.5, 0.6) is 0 Å². The number of rotatable bonds is 5. The summed E-state index contributed by atoms with van der Waals surface area (Å²) in [7, 11) is 1.72. The summed E-state index contributed by atoms with van der Waals surface area (Å²) in [6.45, 7) is 6.91. The lowest BCUT2D eigenvalue weighted by molar-refractivity contribution is 0.133. The third-order valence-electron chi connectivity index (χ3n) is 3.47. The fraction of sp³-hybridized carbons (Fsp3) is 0.533. The smallest absolute Gasteiger partial charge is 0.128 e. The molecule has 0 amide bonds. The van der Waals surface area contributed by atoms with E-state index in [1.807, 2.05) is 25.1 Å². The SMILES string of the molecule is COCC(C(C)C)n1c(C(C)Cl)nc2cc(Cl)ccc21. The lowest BCUT2D eigenvalue weighted by Crippen LogP contribution is -2.22. The number of methoxy groups -OCH3 is 1. The number of halogens is 2. The number of aromatic nitrogens is 2. The van der Waals surface area contributed by atoms with E-state index in [1.165, 1.54) is 0 Å². The van der Waals surface area contributed by atoms with Crippen LogP contribution in [0.4, 0.5) is 0 Å². The third-order valence-corrected chi connectivity index (χ3v) is 3.90. The first-order chi connectivity index (χ1) is 9.45. The van der Waals surface area contributed by atoms with Crippen LogP contribution in [0, 0.1) is 5.92 Å². The molecule has 2 rings (SSSR count). The van der Waals surface area contributed by atoms with Crippen LogP contribution in [0.1, 0.15) is 38.0 Å². The van der Waals surface area contributed by atoms with Crippen LogP contribution in [-0.4, -0.2) is 23.3 Å². The van der Waals surface area contributed by atoms with E-state index in [2.05, 4.69) is 23.4 Å². The van der Waals surface area contributed by atoms with Crippen molar-refractivity contribution in [2.24, 2.45) is 5.92 Å². The fourth-order valence-corrected chi connectivity index (χ4v) is 2.78. The molecule has 0 N–H and O–H groups in total. The Balaban J connectivity index is 2.66. The van der Waals surface area contributed by atoms with Gasteiger partial charge in [-0.3, -0.25) is 0 Å². The second-order valence-corrected chi connectivity index (χ2v) is 6.45. The Morgan fingerprint density at radius 1 is 1.30 bits per heavy atom. The number of benzene rings is 1. The summed E-state index contributed by atoms with van der Waals surface area (Å²) in [6, 6.07) is 5.95. The maximum absolute atomic E-state index is 6.31. The van der Waals surface area contributed by atoms with Crippen LogP contribution in [0.3, 0.4) is 0 Å². The Morgan fingerprint density at radius 2 is 2.00 bits per heavy atom. The molecule has 0 aliphatic rings. The van der Waals surface area contributed by atoms with Crippen LogP contribution >= 0.6 is 23.2 Å². The van der Waals surface area contributed by atoms with Crippen molar-refractivity contribution in [3.63, 3.8) is 0 Å². The van der Waals surface area contributed by atoms with E-state index in [9.17, 15) is 0 Å². The molecule has 2 unspecified atom stereocenters. The lowest BCUT2D eigenvalue weighted by atomic mass is 10.0. The van der Waals surface area contributed by atoms with Gasteiger partial charge in [0.2, 0.25) is 0 Å². The monoisotopic (exact) mass is 314 g/mol. The summed E-state index contributed by atoms with van der Waals surface area (Å²) < 4.78 is 7.57. The molecule has 1 aromatic heterocycles. The molecule has 5 heteroatoms. The summed E-state index contributed by atoms with van der Waals surface area (Å²) in [4.78, 5) is 4.65. The lowest BCUT2D eigenvalue weighted by Gasteiger charge is -2.25. The summed E-state index contributed by atoms with van der Waals surface area (Å²) in [5, 5.41) is 0.517. The van der Waals surface area contributed by atoms with Gasteiger partial charge in [-0.05, 0) is 31.0 Å². The zero-order valence-electron chi connectivity index (χ0n) is 12.2. The summed E-state index contributed by atoms with van der Waals surface area (Å²) in [5.41, 5.74) is 1.93. The zero-order valence-corrected chi connectivity index (χ0v) is 13.7. The van der Waals surface area contributed by atoms with Gasteiger partial charge in [0.15, 0.2) is 0 Å². The predicted octanol–water partition coefficient (Wildman–Crippen LogP) is 4.83. The van der Waals surface area contributed by atoms with Crippen molar-refractivity contribution in [2.45, 2.75) is 32.2 Å². The molecule has 0 aliphatic carbocycles. The number of hydrogen-bond acceptors (Lipinski definition) is 2. The number of hydrogen-bond donors (Lipinski definition) is 0. The highest BCUT2D eigenvalue weighted by atomic mass is 35.5. The maximum Gasteiger partial charge on any atom is 0.128 e. The Hall–Kier alpha value is -0.770. The van der Waals surface area contributed by atoms with Crippen molar-refractivity contribution in [3.05, 3.63) is 29.0 Å². The van der Waals surface area contributed by atoms with E-state index in [4.69, 9.17) is 27.9 Å². The Bertz CT molecular complexity index is 593. The molecule has 0 fully saturated rings. The van der Waals surface area contributed by atoms with Crippen LogP contribution in [0.2, 0.25) is 5.02 Å².